The van der Waals surface area contributed by atoms with Crippen LogP contribution in [0.2, 0.25) is 15.5 Å². The van der Waals surface area contributed by atoms with Gasteiger partial charge in [-0.05, 0) is 245 Å². The molecule has 0 saturated heterocycles. The van der Waals surface area contributed by atoms with Gasteiger partial charge in [0.25, 0.3) is 0 Å². The Morgan fingerprint density at radius 3 is 1.47 bits per heavy atom. The highest BCUT2D eigenvalue weighted by Crippen LogP contribution is 2.37. The minimum atomic E-state index is -0.0694. The number of nitrogen functional groups attached to an aromatic ring is 2. The average molecular weight is 1580 g/mol. The summed E-state index contributed by atoms with van der Waals surface area (Å²) in [5.74, 6) is 1.31. The van der Waals surface area contributed by atoms with Gasteiger partial charge in [-0.3, -0.25) is 0 Å². The minimum Gasteiger partial charge on any atom is -0.399 e. The summed E-state index contributed by atoms with van der Waals surface area (Å²) in [7, 11) is 0. The second kappa shape index (κ2) is 35.1. The normalized spacial score (nSPS) is 10.9. The lowest BCUT2D eigenvalue weighted by Crippen LogP contribution is -2.18. The fourth-order valence-corrected chi connectivity index (χ4v) is 14.7. The molecule has 5 aromatic carbocycles. The number of hydrogen-bond acceptors (Lipinski definition) is 16. The number of ether oxygens (including phenoxy) is 2. The Morgan fingerprint density at radius 1 is 0.490 bits per heavy atom. The standard InChI is InChI=1S/C24H22N4S.C16H12ClN3S.C8H5BrS.C8H8ClN3.C8H11N.C6H13BrO2.C6H8ClN3/c1-14-9-10-19(11-15(14)2)26-23-16(3)17(4)24-25-13-20(28(24)27-23)22-12-18-7-5-6-8-21(18)29-22;1-9-10(2)16-18-8-12(20(16)19-15(9)17)14-7-11-5-3-4-6-13(11)21-14;9-8-5-6-3-1-2-4-7(6)10-8;1-5-6(2)8-10-3-4-12(8)11-7(5)9;1-6-3-4-8(9)5-7(6)2;1-3-8-6(5-7)9-4-2;1-3-4(2)6(8)10-9-5(3)7/h5-13H,1-4H3,(H,26,27);3-8H,1-2H3;1-5H;3-4H,1-2H3;3-5H,9H2,1-2H3;6H,3-5H2,1-2H3;1-2H3,(H2,8,10). The van der Waals surface area contributed by atoms with Crippen LogP contribution in [0, 0.1) is 83.1 Å². The summed E-state index contributed by atoms with van der Waals surface area (Å²) in [6.45, 7) is 29.6. The zero-order valence-corrected chi connectivity index (χ0v) is 66.0. The molecule has 15 rings (SSSR count). The number of nitrogens with one attached hydrogen (secondary N) is 1. The monoisotopic (exact) mass is 1580 g/mol. The van der Waals surface area contributed by atoms with Crippen LogP contribution in [0.5, 0.6) is 0 Å². The number of hydrogen-bond donors (Lipinski definition) is 3. The highest BCUT2D eigenvalue weighted by atomic mass is 79.9. The number of halogens is 5. The first-order valence-electron chi connectivity index (χ1n) is 32.0. The molecule has 0 saturated carbocycles. The van der Waals surface area contributed by atoms with Crippen molar-refractivity contribution >= 4 is 171 Å². The van der Waals surface area contributed by atoms with Gasteiger partial charge in [0.15, 0.2) is 44.5 Å². The van der Waals surface area contributed by atoms with Crippen molar-refractivity contribution in [3.05, 3.63) is 238 Å². The molecule has 100 heavy (non-hydrogen) atoms. The first-order chi connectivity index (χ1) is 47.9. The second-order valence-electron chi connectivity index (χ2n) is 23.4. The van der Waals surface area contributed by atoms with Crippen LogP contribution in [-0.4, -0.2) is 78.8 Å². The lowest BCUT2D eigenvalue weighted by Gasteiger charge is -2.13. The van der Waals surface area contributed by atoms with Gasteiger partial charge in [0.2, 0.25) is 0 Å². The number of aromatic nitrogens is 11. The summed E-state index contributed by atoms with van der Waals surface area (Å²) >= 11 is 29.8. The molecule has 5 N–H and O–H groups in total. The number of anilines is 4. The maximum absolute atomic E-state index is 6.23. The third-order valence-corrected chi connectivity index (χ3v) is 22.2. The zero-order valence-electron chi connectivity index (χ0n) is 58.1. The van der Waals surface area contributed by atoms with Crippen molar-refractivity contribution in [2.45, 2.75) is 103 Å². The van der Waals surface area contributed by atoms with Crippen LogP contribution in [0.25, 0.3) is 68.3 Å². The molecule has 0 aliphatic carbocycles. The van der Waals surface area contributed by atoms with Gasteiger partial charge in [-0.25, -0.2) is 28.5 Å². The molecule has 0 aliphatic rings. The zero-order chi connectivity index (χ0) is 72.1. The van der Waals surface area contributed by atoms with Crippen molar-refractivity contribution in [2.75, 3.05) is 35.3 Å². The van der Waals surface area contributed by atoms with E-state index in [2.05, 4.69) is 223 Å². The van der Waals surface area contributed by atoms with E-state index >= 15 is 0 Å². The van der Waals surface area contributed by atoms with Crippen LogP contribution >= 0.6 is 101 Å². The average Bonchev–Trinajstić information content (AvgIpc) is 1.60. The lowest BCUT2D eigenvalue weighted by atomic mass is 10.1. The number of nitrogens with zero attached hydrogens (tertiary/aromatic N) is 11. The summed E-state index contributed by atoms with van der Waals surface area (Å²) in [5.41, 5.74) is 30.8. The van der Waals surface area contributed by atoms with Crippen LogP contribution in [0.4, 0.5) is 23.0 Å². The molecule has 24 heteroatoms. The number of benzene rings is 5. The molecular formula is C76H79Br2Cl3N14O2S3. The summed E-state index contributed by atoms with van der Waals surface area (Å²) < 4.78 is 20.9. The van der Waals surface area contributed by atoms with E-state index in [-0.39, 0.29) is 6.29 Å². The van der Waals surface area contributed by atoms with Gasteiger partial charge in [-0.2, -0.15) is 10.2 Å². The number of rotatable bonds is 9. The molecule has 0 atom stereocenters. The van der Waals surface area contributed by atoms with E-state index in [1.54, 1.807) is 50.9 Å². The fraction of sp³-hybridized carbons (Fsp3) is 0.237. The molecule has 518 valence electrons. The van der Waals surface area contributed by atoms with Crippen LogP contribution < -0.4 is 16.8 Å². The molecule has 16 nitrogen and oxygen atoms in total. The summed E-state index contributed by atoms with van der Waals surface area (Å²) in [6.07, 6.45) is 7.23. The molecule has 0 fully saturated rings. The smallest absolute Gasteiger partial charge is 0.167 e. The summed E-state index contributed by atoms with van der Waals surface area (Å²) in [5, 5.41) is 30.3. The Labute approximate surface area is 627 Å². The van der Waals surface area contributed by atoms with E-state index < -0.39 is 0 Å². The third-order valence-electron chi connectivity index (χ3n) is 16.7. The van der Waals surface area contributed by atoms with Crippen molar-refractivity contribution in [1.29, 1.82) is 0 Å². The van der Waals surface area contributed by atoms with Crippen molar-refractivity contribution in [3.8, 4) is 21.1 Å². The lowest BCUT2D eigenvalue weighted by molar-refractivity contribution is -0.119. The third kappa shape index (κ3) is 18.6. The van der Waals surface area contributed by atoms with Crippen LogP contribution in [0.3, 0.4) is 0 Å². The fourth-order valence-electron chi connectivity index (χ4n) is 9.99. The van der Waals surface area contributed by atoms with Crippen molar-refractivity contribution < 1.29 is 9.47 Å². The summed E-state index contributed by atoms with van der Waals surface area (Å²) in [6, 6.07) is 44.0. The second-order valence-corrected chi connectivity index (χ2v) is 29.8. The SMILES string of the molecule is Brc1cc2ccccc2s1.CCOC(CBr)OCC.Cc1c(Cl)nn2c(-c3cc4ccccc4s3)cnc2c1C.Cc1c(Cl)nn2ccnc2c1C.Cc1c(N)nnc(Cl)c1C.Cc1ccc(N)cc1C.Cc1ccc(Nc2nn3c(-c4cc5ccccc5s4)cnc3c(C)c2C)cc1C. The van der Waals surface area contributed by atoms with E-state index in [1.165, 1.54) is 61.2 Å². The molecule has 10 heterocycles. The molecule has 0 radical (unpaired) electrons. The van der Waals surface area contributed by atoms with E-state index in [4.69, 9.17) is 60.8 Å². The van der Waals surface area contributed by atoms with Gasteiger partial charge < -0.3 is 26.3 Å². The van der Waals surface area contributed by atoms with E-state index in [0.717, 1.165) is 100 Å². The number of imidazole rings is 3. The molecule has 0 spiro atoms. The Morgan fingerprint density at radius 2 is 0.970 bits per heavy atom. The Balaban J connectivity index is 0.000000144. The van der Waals surface area contributed by atoms with Crippen LogP contribution in [-0.2, 0) is 9.47 Å². The van der Waals surface area contributed by atoms with E-state index in [9.17, 15) is 0 Å². The molecule has 0 unspecified atom stereocenters. The minimum absolute atomic E-state index is 0.0694. The molecule has 15 aromatic rings. The van der Waals surface area contributed by atoms with Gasteiger partial charge in [-0.1, -0.05) is 117 Å². The predicted octanol–water partition coefficient (Wildman–Crippen LogP) is 22.1. The van der Waals surface area contributed by atoms with Gasteiger partial charge >= 0.3 is 0 Å². The number of alkyl halides is 1. The van der Waals surface area contributed by atoms with Gasteiger partial charge in [0.1, 0.15) is 17.2 Å². The van der Waals surface area contributed by atoms with Crippen molar-refractivity contribution in [2.24, 2.45) is 0 Å². The number of thiophene rings is 3. The first-order valence-corrected chi connectivity index (χ1v) is 37.5. The largest absolute Gasteiger partial charge is 0.399 e. The first kappa shape index (κ1) is 76.3. The molecule has 10 aromatic heterocycles. The number of nitrogens with two attached hydrogens (primary N) is 2. The van der Waals surface area contributed by atoms with Crippen LogP contribution in [0.1, 0.15) is 80.6 Å². The molecular weight excluding hydrogens is 1500 g/mol. The maximum Gasteiger partial charge on any atom is 0.167 e. The van der Waals surface area contributed by atoms with Crippen molar-refractivity contribution in [3.63, 3.8) is 0 Å². The quantitative estimate of drug-likeness (QED) is 0.0701. The Hall–Kier alpha value is -7.93. The Bertz CT molecular complexity index is 5190. The van der Waals surface area contributed by atoms with Crippen LogP contribution in [0.15, 0.2) is 156 Å². The van der Waals surface area contributed by atoms with Gasteiger partial charge in [0.05, 0.1) is 31.3 Å². The van der Waals surface area contributed by atoms with Gasteiger partial charge in [0, 0.05) is 62.2 Å². The highest BCUT2D eigenvalue weighted by Gasteiger charge is 2.18. The Kier molecular flexibility index (Phi) is 26.8. The molecule has 0 aliphatic heterocycles. The molecule has 0 amide bonds. The summed E-state index contributed by atoms with van der Waals surface area (Å²) in [4.78, 5) is 15.7. The number of fused-ring (bicyclic) bond motifs is 6. The highest BCUT2D eigenvalue weighted by molar-refractivity contribution is 9.11. The topological polar surface area (TPSA) is 199 Å². The number of aryl methyl sites for hydroxylation is 7. The maximum atomic E-state index is 6.23. The van der Waals surface area contributed by atoms with E-state index in [1.807, 2.05) is 95.0 Å². The predicted molar refractivity (Wildman–Crippen MR) is 430 cm³/mol. The van der Waals surface area contributed by atoms with E-state index in [0.29, 0.717) is 34.5 Å². The molecule has 0 bridgehead atoms. The van der Waals surface area contributed by atoms with Crippen molar-refractivity contribution in [1.82, 2.24) is 54.0 Å². The van der Waals surface area contributed by atoms with Gasteiger partial charge in [-0.15, -0.1) is 49.3 Å².